The molecule has 3 amide bonds. The van der Waals surface area contributed by atoms with Gasteiger partial charge in [0.15, 0.2) is 0 Å². The van der Waals surface area contributed by atoms with Gasteiger partial charge in [-0.05, 0) is 88.4 Å². The Hall–Kier alpha value is -3.52. The van der Waals surface area contributed by atoms with Gasteiger partial charge >= 0.3 is 6.09 Å². The molecule has 2 N–H and O–H groups in total. The number of ether oxygens (including phenoxy) is 1. The maximum Gasteiger partial charge on any atom is 0.408 e. The summed E-state index contributed by atoms with van der Waals surface area (Å²) in [6, 6.07) is 21.1. The molecule has 0 saturated carbocycles. The Morgan fingerprint density at radius 1 is 0.875 bits per heavy atom. The first kappa shape index (κ1) is 31.0. The third kappa shape index (κ3) is 8.49. The molecule has 0 aliphatic carbocycles. The summed E-state index contributed by atoms with van der Waals surface area (Å²) < 4.78 is 5.46. The molecule has 0 heterocycles. The quantitative estimate of drug-likeness (QED) is 0.299. The predicted octanol–water partition coefficient (Wildman–Crippen LogP) is 6.79. The number of fused-ring (bicyclic) bond motifs is 1. The molecule has 0 spiro atoms. The molecular weight excluding hydrogens is 522 g/mol. The summed E-state index contributed by atoms with van der Waals surface area (Å²) in [4.78, 5) is 42.7. The van der Waals surface area contributed by atoms with Crippen LogP contribution in [-0.2, 0) is 14.3 Å². The molecule has 2 atom stereocenters. The van der Waals surface area contributed by atoms with Crippen LogP contribution in [0.3, 0.4) is 0 Å². The zero-order chi connectivity index (χ0) is 29.5. The third-order valence-corrected chi connectivity index (χ3v) is 6.84. The Balaban J connectivity index is 2.02. The van der Waals surface area contributed by atoms with Crippen LogP contribution in [0.2, 0.25) is 0 Å². The van der Waals surface area contributed by atoms with Crippen molar-refractivity contribution in [3.63, 3.8) is 0 Å². The van der Waals surface area contributed by atoms with Crippen LogP contribution in [0, 0.1) is 0 Å². The van der Waals surface area contributed by atoms with Crippen molar-refractivity contribution < 1.29 is 19.1 Å². The van der Waals surface area contributed by atoms with Crippen molar-refractivity contribution in [3.05, 3.63) is 78.4 Å². The predicted molar refractivity (Wildman–Crippen MR) is 165 cm³/mol. The Morgan fingerprint density at radius 3 is 2.10 bits per heavy atom. The highest BCUT2D eigenvalue weighted by Gasteiger charge is 2.41. The lowest BCUT2D eigenvalue weighted by molar-refractivity contribution is -0.146. The number of hydrogen-bond donors (Lipinski definition) is 2. The first-order valence-corrected chi connectivity index (χ1v) is 14.9. The third-order valence-electron chi connectivity index (χ3n) is 6.20. The van der Waals surface area contributed by atoms with Crippen molar-refractivity contribution in [2.75, 3.05) is 17.3 Å². The van der Waals surface area contributed by atoms with Crippen molar-refractivity contribution in [1.29, 1.82) is 0 Å². The lowest BCUT2D eigenvalue weighted by atomic mass is 9.95. The Bertz CT molecular complexity index is 1310. The molecule has 8 heteroatoms. The summed E-state index contributed by atoms with van der Waals surface area (Å²) in [7, 11) is 0. The lowest BCUT2D eigenvalue weighted by Crippen LogP contribution is -2.58. The number of thioether (sulfide) groups is 1. The molecule has 3 aromatic rings. The number of nitrogens with zero attached hydrogens (tertiary/aromatic N) is 1. The fraction of sp³-hybridized carbons (Fsp3) is 0.406. The average molecular weight is 564 g/mol. The molecule has 7 nitrogen and oxygen atoms in total. The van der Waals surface area contributed by atoms with Crippen molar-refractivity contribution >= 4 is 46.1 Å². The number of nitrogens with one attached hydrogen (secondary N) is 2. The second kappa shape index (κ2) is 13.2. The van der Waals surface area contributed by atoms with Gasteiger partial charge in [0.1, 0.15) is 17.7 Å². The SMILES string of the molecule is CSCCC(NC(=O)OC(C)(C)C)C(=O)N(C(C(=O)Nc1ccc2ccccc2c1)c1ccccc1)C(C)(C)C. The molecule has 214 valence electrons. The molecular formula is C32H41N3O4S. The monoisotopic (exact) mass is 563 g/mol. The van der Waals surface area contributed by atoms with E-state index < -0.39 is 29.3 Å². The number of amides is 3. The van der Waals surface area contributed by atoms with Crippen LogP contribution in [0.25, 0.3) is 10.8 Å². The molecule has 0 saturated heterocycles. The number of alkyl carbamates (subject to hydrolysis) is 1. The smallest absolute Gasteiger partial charge is 0.408 e. The van der Waals surface area contributed by atoms with Crippen molar-refractivity contribution in [3.8, 4) is 0 Å². The van der Waals surface area contributed by atoms with Gasteiger partial charge in [-0.2, -0.15) is 11.8 Å². The van der Waals surface area contributed by atoms with Gasteiger partial charge < -0.3 is 20.3 Å². The van der Waals surface area contributed by atoms with E-state index in [0.29, 0.717) is 23.4 Å². The summed E-state index contributed by atoms with van der Waals surface area (Å²) in [5.41, 5.74) is -0.166. The van der Waals surface area contributed by atoms with E-state index in [2.05, 4.69) is 10.6 Å². The molecule has 0 aromatic heterocycles. The largest absolute Gasteiger partial charge is 0.444 e. The minimum Gasteiger partial charge on any atom is -0.444 e. The topological polar surface area (TPSA) is 87.7 Å². The molecule has 0 aliphatic heterocycles. The van der Waals surface area contributed by atoms with E-state index in [9.17, 15) is 14.4 Å². The fourth-order valence-corrected chi connectivity index (χ4v) is 4.96. The highest BCUT2D eigenvalue weighted by atomic mass is 32.2. The van der Waals surface area contributed by atoms with Crippen LogP contribution in [0.15, 0.2) is 72.8 Å². The van der Waals surface area contributed by atoms with Crippen molar-refractivity contribution in [2.24, 2.45) is 0 Å². The van der Waals surface area contributed by atoms with E-state index >= 15 is 0 Å². The van der Waals surface area contributed by atoms with E-state index in [0.717, 1.165) is 10.8 Å². The fourth-order valence-electron chi connectivity index (χ4n) is 4.49. The van der Waals surface area contributed by atoms with Crippen LogP contribution in [0.4, 0.5) is 10.5 Å². The number of benzene rings is 3. The van der Waals surface area contributed by atoms with E-state index in [1.165, 1.54) is 0 Å². The van der Waals surface area contributed by atoms with Gasteiger partial charge in [-0.25, -0.2) is 4.79 Å². The van der Waals surface area contributed by atoms with Crippen molar-refractivity contribution in [1.82, 2.24) is 10.2 Å². The van der Waals surface area contributed by atoms with Crippen LogP contribution < -0.4 is 10.6 Å². The molecule has 2 unspecified atom stereocenters. The number of carbonyl (C=O) groups excluding carboxylic acids is 3. The number of anilines is 1. The molecule has 0 aliphatic rings. The number of carbonyl (C=O) groups is 3. The molecule has 3 aromatic carbocycles. The summed E-state index contributed by atoms with van der Waals surface area (Å²) in [5, 5.41) is 7.89. The summed E-state index contributed by atoms with van der Waals surface area (Å²) in [6.07, 6.45) is 1.66. The molecule has 0 radical (unpaired) electrons. The highest BCUT2D eigenvalue weighted by Crippen LogP contribution is 2.32. The van der Waals surface area contributed by atoms with Gasteiger partial charge in [-0.1, -0.05) is 60.7 Å². The van der Waals surface area contributed by atoms with Gasteiger partial charge in [-0.15, -0.1) is 0 Å². The minimum atomic E-state index is -0.947. The normalized spacial score (nSPS) is 13.3. The molecule has 3 rings (SSSR count). The van der Waals surface area contributed by atoms with E-state index in [1.54, 1.807) is 37.4 Å². The van der Waals surface area contributed by atoms with Crippen molar-refractivity contribution in [2.45, 2.75) is 71.2 Å². The summed E-state index contributed by atoms with van der Waals surface area (Å²) in [5.74, 6) is -0.0516. The second-order valence-corrected chi connectivity index (χ2v) is 12.7. The molecule has 40 heavy (non-hydrogen) atoms. The first-order chi connectivity index (χ1) is 18.8. The minimum absolute atomic E-state index is 0.342. The maximum absolute atomic E-state index is 14.3. The van der Waals surface area contributed by atoms with Gasteiger partial charge in [0.2, 0.25) is 5.91 Å². The molecule has 0 bridgehead atoms. The van der Waals surface area contributed by atoms with Crippen LogP contribution >= 0.6 is 11.8 Å². The average Bonchev–Trinajstić information content (AvgIpc) is 2.87. The first-order valence-electron chi connectivity index (χ1n) is 13.5. The zero-order valence-corrected chi connectivity index (χ0v) is 25.3. The van der Waals surface area contributed by atoms with E-state index in [-0.39, 0.29) is 11.8 Å². The Kier molecular flexibility index (Phi) is 10.3. The van der Waals surface area contributed by atoms with Gasteiger partial charge in [0, 0.05) is 11.2 Å². The number of hydrogen-bond acceptors (Lipinski definition) is 5. The van der Waals surface area contributed by atoms with Gasteiger partial charge in [0.05, 0.1) is 0 Å². The summed E-state index contributed by atoms with van der Waals surface area (Å²) >= 11 is 1.58. The summed E-state index contributed by atoms with van der Waals surface area (Å²) in [6.45, 7) is 11.0. The Morgan fingerprint density at radius 2 is 1.50 bits per heavy atom. The number of rotatable bonds is 9. The van der Waals surface area contributed by atoms with E-state index in [4.69, 9.17) is 4.74 Å². The second-order valence-electron chi connectivity index (χ2n) is 11.7. The van der Waals surface area contributed by atoms with Gasteiger partial charge in [-0.3, -0.25) is 9.59 Å². The van der Waals surface area contributed by atoms with Crippen LogP contribution in [0.5, 0.6) is 0 Å². The Labute approximate surface area is 242 Å². The zero-order valence-electron chi connectivity index (χ0n) is 24.5. The van der Waals surface area contributed by atoms with Crippen LogP contribution in [-0.4, -0.2) is 52.0 Å². The van der Waals surface area contributed by atoms with E-state index in [1.807, 2.05) is 99.8 Å². The van der Waals surface area contributed by atoms with Crippen LogP contribution in [0.1, 0.15) is 59.6 Å². The lowest BCUT2D eigenvalue weighted by Gasteiger charge is -2.43. The molecule has 0 fully saturated rings. The van der Waals surface area contributed by atoms with Gasteiger partial charge in [0.25, 0.3) is 5.91 Å². The standard InChI is InChI=1S/C32H41N3O4S/c1-31(2,3)35(29(37)26(19-20-40-7)34-30(38)39-32(4,5)6)27(23-14-9-8-10-15-23)28(36)33-25-18-17-22-13-11-12-16-24(22)21-25/h8-18,21,26-27H,19-20H2,1-7H3,(H,33,36)(H,34,38). The highest BCUT2D eigenvalue weighted by molar-refractivity contribution is 7.98. The maximum atomic E-state index is 14.3.